The first-order valence-electron chi connectivity index (χ1n) is 6.09. The van der Waals surface area contributed by atoms with Crippen molar-refractivity contribution in [3.8, 4) is 5.75 Å². The molecule has 0 aliphatic carbocycles. The highest BCUT2D eigenvalue weighted by molar-refractivity contribution is 5.98. The lowest BCUT2D eigenvalue weighted by atomic mass is 10.2. The molecule has 0 heterocycles. The molecule has 1 aromatic rings. The Balaban J connectivity index is 2.68. The number of hydrogen-bond acceptors (Lipinski definition) is 4. The van der Waals surface area contributed by atoms with Crippen LogP contribution in [0.25, 0.3) is 0 Å². The van der Waals surface area contributed by atoms with E-state index in [0.29, 0.717) is 18.0 Å². The maximum Gasteiger partial charge on any atom is 0.321 e. The van der Waals surface area contributed by atoms with E-state index >= 15 is 0 Å². The lowest BCUT2D eigenvalue weighted by Crippen LogP contribution is -2.44. The minimum Gasteiger partial charge on any atom is -0.492 e. The monoisotopic (exact) mass is 265 g/mol. The molecule has 0 aliphatic heterocycles. The van der Waals surface area contributed by atoms with Gasteiger partial charge in [-0.15, -0.1) is 0 Å². The van der Waals surface area contributed by atoms with E-state index in [0.717, 1.165) is 0 Å². The average Bonchev–Trinajstić information content (AvgIpc) is 2.41. The van der Waals surface area contributed by atoms with Crippen molar-refractivity contribution in [3.05, 3.63) is 24.3 Å². The fourth-order valence-corrected chi connectivity index (χ4v) is 1.45. The molecule has 1 atom stereocenters. The number of urea groups is 1. The molecule has 1 rings (SSSR count). The van der Waals surface area contributed by atoms with Crippen LogP contribution in [0.1, 0.15) is 13.8 Å². The number of ether oxygens (including phenoxy) is 1. The summed E-state index contributed by atoms with van der Waals surface area (Å²) in [5, 5.41) is 7.54. The van der Waals surface area contributed by atoms with Gasteiger partial charge in [0.05, 0.1) is 12.3 Å². The molecule has 19 heavy (non-hydrogen) atoms. The van der Waals surface area contributed by atoms with Gasteiger partial charge < -0.3 is 15.4 Å². The summed E-state index contributed by atoms with van der Waals surface area (Å²) in [7, 11) is 1.45. The zero-order chi connectivity index (χ0) is 14.3. The van der Waals surface area contributed by atoms with Gasteiger partial charge in [0.2, 0.25) is 5.91 Å². The van der Waals surface area contributed by atoms with E-state index in [2.05, 4.69) is 16.0 Å². The number of para-hydroxylation sites is 2. The Morgan fingerprint density at radius 2 is 2.00 bits per heavy atom. The van der Waals surface area contributed by atoms with Crippen molar-refractivity contribution in [1.29, 1.82) is 0 Å². The molecular formula is C13H19N3O3. The third-order valence-electron chi connectivity index (χ3n) is 2.42. The highest BCUT2D eigenvalue weighted by Gasteiger charge is 2.16. The van der Waals surface area contributed by atoms with Crippen LogP contribution in [-0.2, 0) is 4.79 Å². The predicted molar refractivity (Wildman–Crippen MR) is 73.3 cm³/mol. The summed E-state index contributed by atoms with van der Waals surface area (Å²) in [6, 6.07) is 6.24. The lowest BCUT2D eigenvalue weighted by Gasteiger charge is -2.17. The van der Waals surface area contributed by atoms with Gasteiger partial charge in [0, 0.05) is 7.05 Å². The van der Waals surface area contributed by atoms with Gasteiger partial charge in [0.25, 0.3) is 0 Å². The molecule has 0 saturated carbocycles. The van der Waals surface area contributed by atoms with Crippen LogP contribution in [0, 0.1) is 0 Å². The van der Waals surface area contributed by atoms with Crippen molar-refractivity contribution < 1.29 is 14.3 Å². The second-order valence-corrected chi connectivity index (χ2v) is 3.86. The van der Waals surface area contributed by atoms with Gasteiger partial charge >= 0.3 is 6.03 Å². The van der Waals surface area contributed by atoms with Crippen molar-refractivity contribution in [2.24, 2.45) is 0 Å². The van der Waals surface area contributed by atoms with Crippen molar-refractivity contribution in [2.75, 3.05) is 19.0 Å². The number of anilines is 1. The predicted octanol–water partition coefficient (Wildman–Crippen LogP) is 1.34. The molecule has 0 fully saturated rings. The van der Waals surface area contributed by atoms with E-state index in [1.807, 2.05) is 31.2 Å². The zero-order valence-corrected chi connectivity index (χ0v) is 11.3. The molecule has 1 aromatic carbocycles. The molecule has 3 N–H and O–H groups in total. The fourth-order valence-electron chi connectivity index (χ4n) is 1.45. The summed E-state index contributed by atoms with van der Waals surface area (Å²) in [5.41, 5.74) is 0.712. The number of rotatable bonds is 5. The molecule has 0 saturated heterocycles. The smallest absolute Gasteiger partial charge is 0.321 e. The number of nitrogens with one attached hydrogen (secondary N) is 3. The molecule has 6 heteroatoms. The first-order valence-corrected chi connectivity index (χ1v) is 6.09. The SMILES string of the molecule is CCOc1ccccc1NC(C)C(=O)NC(=O)NC. The fraction of sp³-hybridized carbons (Fsp3) is 0.385. The largest absolute Gasteiger partial charge is 0.492 e. The van der Waals surface area contributed by atoms with Crippen LogP contribution in [0.5, 0.6) is 5.75 Å². The molecule has 104 valence electrons. The molecule has 1 unspecified atom stereocenters. The topological polar surface area (TPSA) is 79.5 Å². The van der Waals surface area contributed by atoms with Crippen LogP contribution in [0.15, 0.2) is 24.3 Å². The first-order chi connectivity index (χ1) is 9.08. The van der Waals surface area contributed by atoms with Crippen molar-refractivity contribution in [3.63, 3.8) is 0 Å². The third kappa shape index (κ3) is 4.50. The molecule has 6 nitrogen and oxygen atoms in total. The molecule has 0 bridgehead atoms. The minimum absolute atomic E-state index is 0.411. The highest BCUT2D eigenvalue weighted by Crippen LogP contribution is 2.24. The molecule has 0 aliphatic rings. The maximum atomic E-state index is 11.7. The molecule has 0 aromatic heterocycles. The van der Waals surface area contributed by atoms with E-state index in [-0.39, 0.29) is 0 Å². The van der Waals surface area contributed by atoms with E-state index < -0.39 is 18.0 Å². The molecule has 0 spiro atoms. The van der Waals surface area contributed by atoms with Gasteiger partial charge in [-0.05, 0) is 26.0 Å². The summed E-state index contributed by atoms with van der Waals surface area (Å²) >= 11 is 0. The lowest BCUT2D eigenvalue weighted by molar-refractivity contribution is -0.120. The van der Waals surface area contributed by atoms with Crippen LogP contribution in [0.3, 0.4) is 0 Å². The second kappa shape index (κ2) is 7.25. The van der Waals surface area contributed by atoms with E-state index in [1.54, 1.807) is 6.92 Å². The Labute approximate surface area is 112 Å². The first kappa shape index (κ1) is 14.8. The maximum absolute atomic E-state index is 11.7. The normalized spacial score (nSPS) is 11.3. The van der Waals surface area contributed by atoms with Gasteiger partial charge in [0.15, 0.2) is 0 Å². The summed E-state index contributed by atoms with van der Waals surface area (Å²) in [4.78, 5) is 22.8. The van der Waals surface area contributed by atoms with E-state index in [9.17, 15) is 9.59 Å². The van der Waals surface area contributed by atoms with E-state index in [4.69, 9.17) is 4.74 Å². The number of carbonyl (C=O) groups is 2. The number of benzene rings is 1. The summed E-state index contributed by atoms with van der Waals surface area (Å²) in [6.07, 6.45) is 0. The Bertz CT molecular complexity index is 449. The zero-order valence-electron chi connectivity index (χ0n) is 11.3. The average molecular weight is 265 g/mol. The van der Waals surface area contributed by atoms with Gasteiger partial charge in [-0.1, -0.05) is 12.1 Å². The van der Waals surface area contributed by atoms with Crippen LogP contribution >= 0.6 is 0 Å². The Morgan fingerprint density at radius 3 is 2.63 bits per heavy atom. The van der Waals surface area contributed by atoms with Gasteiger partial charge in [-0.2, -0.15) is 0 Å². The second-order valence-electron chi connectivity index (χ2n) is 3.86. The van der Waals surface area contributed by atoms with Crippen LogP contribution in [0.4, 0.5) is 10.5 Å². The molecule has 0 radical (unpaired) electrons. The van der Waals surface area contributed by atoms with Crippen LogP contribution in [-0.4, -0.2) is 31.6 Å². The van der Waals surface area contributed by atoms with Crippen molar-refractivity contribution >= 4 is 17.6 Å². The summed E-state index contributed by atoms with van der Waals surface area (Å²) in [5.74, 6) is 0.259. The van der Waals surface area contributed by atoms with E-state index in [1.165, 1.54) is 7.05 Å². The quantitative estimate of drug-likeness (QED) is 0.750. The van der Waals surface area contributed by atoms with Crippen LogP contribution in [0.2, 0.25) is 0 Å². The number of imide groups is 1. The Morgan fingerprint density at radius 1 is 1.32 bits per heavy atom. The van der Waals surface area contributed by atoms with Crippen molar-refractivity contribution in [1.82, 2.24) is 10.6 Å². The standard InChI is InChI=1S/C13H19N3O3/c1-4-19-11-8-6-5-7-10(11)15-9(2)12(17)16-13(18)14-3/h5-9,15H,4H2,1-3H3,(H2,14,16,17,18). The third-order valence-corrected chi connectivity index (χ3v) is 2.42. The summed E-state index contributed by atoms with van der Waals surface area (Å²) in [6.45, 7) is 4.09. The number of amides is 3. The highest BCUT2D eigenvalue weighted by atomic mass is 16.5. The van der Waals surface area contributed by atoms with Gasteiger partial charge in [-0.3, -0.25) is 10.1 Å². The number of hydrogen-bond donors (Lipinski definition) is 3. The van der Waals surface area contributed by atoms with Gasteiger partial charge in [0.1, 0.15) is 11.8 Å². The molecule has 3 amide bonds. The Kier molecular flexibility index (Phi) is 5.66. The molecular weight excluding hydrogens is 246 g/mol. The van der Waals surface area contributed by atoms with Gasteiger partial charge in [-0.25, -0.2) is 4.79 Å². The van der Waals surface area contributed by atoms with Crippen molar-refractivity contribution in [2.45, 2.75) is 19.9 Å². The summed E-state index contributed by atoms with van der Waals surface area (Å²) < 4.78 is 5.45. The minimum atomic E-state index is -0.557. The Hall–Kier alpha value is -2.24. The number of carbonyl (C=O) groups excluding carboxylic acids is 2. The van der Waals surface area contributed by atoms with Crippen LogP contribution < -0.4 is 20.7 Å².